The number of carbonyl (C=O) groups excluding carboxylic acids is 1. The van der Waals surface area contributed by atoms with Gasteiger partial charge in [0.05, 0.1) is 0 Å². The minimum absolute atomic E-state index is 0.177. The highest BCUT2D eigenvalue weighted by molar-refractivity contribution is 5.92. The molecule has 1 aliphatic rings. The Balaban J connectivity index is 1.87. The third-order valence-corrected chi connectivity index (χ3v) is 3.54. The number of fused-ring (bicyclic) bond motifs is 1. The van der Waals surface area contributed by atoms with Crippen LogP contribution in [0.2, 0.25) is 0 Å². The average molecular weight is 279 g/mol. The molecular weight excluding hydrogens is 262 g/mol. The van der Waals surface area contributed by atoms with E-state index in [1.807, 2.05) is 18.2 Å². The Morgan fingerprint density at radius 1 is 1.29 bits per heavy atom. The van der Waals surface area contributed by atoms with Crippen molar-refractivity contribution in [2.24, 2.45) is 0 Å². The molecule has 0 saturated heterocycles. The van der Waals surface area contributed by atoms with Crippen molar-refractivity contribution in [3.63, 3.8) is 0 Å². The predicted molar refractivity (Wildman–Crippen MR) is 83.9 cm³/mol. The molecule has 106 valence electrons. The number of benzene rings is 1. The molecule has 0 aliphatic carbocycles. The first-order valence-electron chi connectivity index (χ1n) is 7.01. The summed E-state index contributed by atoms with van der Waals surface area (Å²) in [6, 6.07) is 13.8. The molecule has 1 N–H and O–H groups in total. The molecule has 1 amide bonds. The average Bonchev–Trinajstić information content (AvgIpc) is 2.97. The number of para-hydroxylation sites is 1. The molecule has 2 heterocycles. The SMILES string of the molecule is C=CCNC(=O)c1cccc(N2CCc3ccccc32)n1. The van der Waals surface area contributed by atoms with Crippen LogP contribution in [-0.2, 0) is 6.42 Å². The first kappa shape index (κ1) is 13.4. The van der Waals surface area contributed by atoms with Gasteiger partial charge in [0.15, 0.2) is 0 Å². The van der Waals surface area contributed by atoms with Crippen LogP contribution in [0.3, 0.4) is 0 Å². The van der Waals surface area contributed by atoms with E-state index in [0.717, 1.165) is 18.8 Å². The van der Waals surface area contributed by atoms with E-state index in [1.54, 1.807) is 12.1 Å². The van der Waals surface area contributed by atoms with Crippen LogP contribution in [0.5, 0.6) is 0 Å². The lowest BCUT2D eigenvalue weighted by Gasteiger charge is -2.18. The zero-order chi connectivity index (χ0) is 14.7. The summed E-state index contributed by atoms with van der Waals surface area (Å²) < 4.78 is 0. The number of hydrogen-bond acceptors (Lipinski definition) is 3. The summed E-state index contributed by atoms with van der Waals surface area (Å²) in [6.45, 7) is 4.92. The summed E-state index contributed by atoms with van der Waals surface area (Å²) in [5.74, 6) is 0.635. The highest BCUT2D eigenvalue weighted by atomic mass is 16.1. The van der Waals surface area contributed by atoms with Gasteiger partial charge >= 0.3 is 0 Å². The first-order valence-corrected chi connectivity index (χ1v) is 7.01. The van der Waals surface area contributed by atoms with Gasteiger partial charge in [0.2, 0.25) is 0 Å². The van der Waals surface area contributed by atoms with Crippen LogP contribution in [0.15, 0.2) is 55.1 Å². The third-order valence-electron chi connectivity index (χ3n) is 3.54. The van der Waals surface area contributed by atoms with Crippen LogP contribution in [0, 0.1) is 0 Å². The van der Waals surface area contributed by atoms with E-state index in [9.17, 15) is 4.79 Å². The Kier molecular flexibility index (Phi) is 3.69. The molecule has 0 atom stereocenters. The summed E-state index contributed by atoms with van der Waals surface area (Å²) in [7, 11) is 0. The number of anilines is 2. The molecule has 0 radical (unpaired) electrons. The molecule has 4 nitrogen and oxygen atoms in total. The van der Waals surface area contributed by atoms with Crippen molar-refractivity contribution in [2.75, 3.05) is 18.0 Å². The van der Waals surface area contributed by atoms with Crippen molar-refractivity contribution in [3.8, 4) is 0 Å². The summed E-state index contributed by atoms with van der Waals surface area (Å²) >= 11 is 0. The predicted octanol–water partition coefficient (Wildman–Crippen LogP) is 2.69. The minimum Gasteiger partial charge on any atom is -0.347 e. The molecule has 1 aliphatic heterocycles. The zero-order valence-electron chi connectivity index (χ0n) is 11.7. The van der Waals surface area contributed by atoms with Crippen LogP contribution >= 0.6 is 0 Å². The number of hydrogen-bond donors (Lipinski definition) is 1. The van der Waals surface area contributed by atoms with Gasteiger partial charge < -0.3 is 10.2 Å². The Morgan fingerprint density at radius 3 is 3.00 bits per heavy atom. The van der Waals surface area contributed by atoms with Gasteiger partial charge in [0.25, 0.3) is 5.91 Å². The van der Waals surface area contributed by atoms with Gasteiger partial charge in [-0.1, -0.05) is 30.3 Å². The second kappa shape index (κ2) is 5.79. The van der Waals surface area contributed by atoms with Crippen LogP contribution in [0.25, 0.3) is 0 Å². The van der Waals surface area contributed by atoms with Gasteiger partial charge in [0, 0.05) is 18.8 Å². The molecule has 21 heavy (non-hydrogen) atoms. The molecule has 0 unspecified atom stereocenters. The Bertz CT molecular complexity index is 681. The fourth-order valence-electron chi connectivity index (χ4n) is 2.53. The first-order chi connectivity index (χ1) is 10.3. The summed E-state index contributed by atoms with van der Waals surface area (Å²) in [6.07, 6.45) is 2.66. The highest BCUT2D eigenvalue weighted by Crippen LogP contribution is 2.32. The normalized spacial score (nSPS) is 12.9. The second-order valence-electron chi connectivity index (χ2n) is 4.91. The summed E-state index contributed by atoms with van der Waals surface area (Å²) in [5, 5.41) is 2.75. The lowest BCUT2D eigenvalue weighted by Crippen LogP contribution is -2.25. The lowest BCUT2D eigenvalue weighted by atomic mass is 10.2. The maximum atomic E-state index is 12.0. The molecule has 4 heteroatoms. The van der Waals surface area contributed by atoms with Crippen molar-refractivity contribution in [1.82, 2.24) is 10.3 Å². The number of rotatable bonds is 4. The van der Waals surface area contributed by atoms with Gasteiger partial charge in [-0.15, -0.1) is 6.58 Å². The fourth-order valence-corrected chi connectivity index (χ4v) is 2.53. The molecule has 1 aromatic heterocycles. The van der Waals surface area contributed by atoms with Crippen LogP contribution in [0.1, 0.15) is 16.1 Å². The topological polar surface area (TPSA) is 45.2 Å². The van der Waals surface area contributed by atoms with Gasteiger partial charge in [-0.05, 0) is 30.2 Å². The van der Waals surface area contributed by atoms with Crippen molar-refractivity contribution >= 4 is 17.4 Å². The lowest BCUT2D eigenvalue weighted by molar-refractivity contribution is 0.0953. The molecule has 0 bridgehead atoms. The van der Waals surface area contributed by atoms with E-state index in [-0.39, 0.29) is 5.91 Å². The number of amides is 1. The van der Waals surface area contributed by atoms with Crippen molar-refractivity contribution in [3.05, 3.63) is 66.4 Å². The summed E-state index contributed by atoms with van der Waals surface area (Å²) in [5.41, 5.74) is 2.92. The van der Waals surface area contributed by atoms with Crippen LogP contribution in [-0.4, -0.2) is 24.0 Å². The fraction of sp³-hybridized carbons (Fsp3) is 0.176. The van der Waals surface area contributed by atoms with Crippen molar-refractivity contribution in [1.29, 1.82) is 0 Å². The maximum Gasteiger partial charge on any atom is 0.270 e. The van der Waals surface area contributed by atoms with Gasteiger partial charge in [-0.2, -0.15) is 0 Å². The van der Waals surface area contributed by atoms with Crippen LogP contribution in [0.4, 0.5) is 11.5 Å². The van der Waals surface area contributed by atoms with E-state index in [0.29, 0.717) is 12.2 Å². The van der Waals surface area contributed by atoms with Crippen molar-refractivity contribution in [2.45, 2.75) is 6.42 Å². The number of aromatic nitrogens is 1. The number of carbonyl (C=O) groups is 1. The monoisotopic (exact) mass is 279 g/mol. The maximum absolute atomic E-state index is 12.0. The zero-order valence-corrected chi connectivity index (χ0v) is 11.7. The number of nitrogens with zero attached hydrogens (tertiary/aromatic N) is 2. The molecule has 1 aromatic carbocycles. The van der Waals surface area contributed by atoms with E-state index in [4.69, 9.17) is 0 Å². The van der Waals surface area contributed by atoms with E-state index in [2.05, 4.69) is 40.0 Å². The number of nitrogens with one attached hydrogen (secondary N) is 1. The molecule has 3 rings (SSSR count). The largest absolute Gasteiger partial charge is 0.347 e. The van der Waals surface area contributed by atoms with Gasteiger partial charge in [-0.3, -0.25) is 4.79 Å². The Labute approximate surface area is 124 Å². The molecule has 0 spiro atoms. The van der Waals surface area contributed by atoms with Crippen molar-refractivity contribution < 1.29 is 4.79 Å². The quantitative estimate of drug-likeness (QED) is 0.875. The standard InChI is InChI=1S/C17H17N3O/c1-2-11-18-17(21)14-7-5-9-16(19-14)20-12-10-13-6-3-4-8-15(13)20/h2-9H,1,10-12H2,(H,18,21). The smallest absolute Gasteiger partial charge is 0.270 e. The van der Waals surface area contributed by atoms with Crippen LogP contribution < -0.4 is 10.2 Å². The molecular formula is C17H17N3O. The molecule has 0 fully saturated rings. The Hall–Kier alpha value is -2.62. The minimum atomic E-state index is -0.177. The highest BCUT2D eigenvalue weighted by Gasteiger charge is 2.21. The Morgan fingerprint density at radius 2 is 2.14 bits per heavy atom. The van der Waals surface area contributed by atoms with Gasteiger partial charge in [-0.25, -0.2) is 4.98 Å². The third kappa shape index (κ3) is 2.65. The second-order valence-corrected chi connectivity index (χ2v) is 4.91. The van der Waals surface area contributed by atoms with E-state index >= 15 is 0 Å². The molecule has 0 saturated carbocycles. The summed E-state index contributed by atoms with van der Waals surface area (Å²) in [4.78, 5) is 18.6. The molecule has 2 aromatic rings. The number of pyridine rings is 1. The van der Waals surface area contributed by atoms with E-state index in [1.165, 1.54) is 11.3 Å². The van der Waals surface area contributed by atoms with E-state index < -0.39 is 0 Å². The van der Waals surface area contributed by atoms with Gasteiger partial charge in [0.1, 0.15) is 11.5 Å².